The molecule has 1 fully saturated rings. The normalized spacial score (nSPS) is 21.3. The van der Waals surface area contributed by atoms with Gasteiger partial charge in [0.2, 0.25) is 0 Å². The Hall–Kier alpha value is -2.29. The lowest BCUT2D eigenvalue weighted by molar-refractivity contribution is 0.172. The van der Waals surface area contributed by atoms with E-state index in [1.54, 1.807) is 12.1 Å². The van der Waals surface area contributed by atoms with E-state index in [1.807, 2.05) is 4.90 Å². The van der Waals surface area contributed by atoms with Crippen LogP contribution in [0.3, 0.4) is 0 Å². The summed E-state index contributed by atoms with van der Waals surface area (Å²) < 4.78 is 26.6. The molecule has 3 nitrogen and oxygen atoms in total. The number of likely N-dealkylation sites (tertiary alicyclic amines) is 1. The van der Waals surface area contributed by atoms with E-state index < -0.39 is 11.9 Å². The van der Waals surface area contributed by atoms with Gasteiger partial charge in [-0.1, -0.05) is 12.1 Å². The van der Waals surface area contributed by atoms with Crippen molar-refractivity contribution in [2.24, 2.45) is 0 Å². The van der Waals surface area contributed by atoms with E-state index in [1.165, 1.54) is 30.3 Å². The molecule has 0 aromatic heterocycles. The van der Waals surface area contributed by atoms with Crippen molar-refractivity contribution in [2.75, 3.05) is 6.54 Å². The maximum atomic E-state index is 13.5. The molecule has 1 N–H and O–H groups in total. The zero-order chi connectivity index (χ0) is 16.4. The predicted octanol–water partition coefficient (Wildman–Crippen LogP) is 3.14. The summed E-state index contributed by atoms with van der Waals surface area (Å²) in [4.78, 5) is 1.99. The van der Waals surface area contributed by atoms with Crippen molar-refractivity contribution in [2.45, 2.75) is 25.1 Å². The van der Waals surface area contributed by atoms with Gasteiger partial charge in [0.1, 0.15) is 11.6 Å². The lowest BCUT2D eigenvalue weighted by atomic mass is 10.0. The molecule has 2 aromatic rings. The second-order valence-electron chi connectivity index (χ2n) is 5.80. The quantitative estimate of drug-likeness (QED) is 0.947. The molecule has 3 rings (SSSR count). The highest BCUT2D eigenvalue weighted by atomic mass is 19.1. The van der Waals surface area contributed by atoms with Crippen molar-refractivity contribution < 1.29 is 13.9 Å². The van der Waals surface area contributed by atoms with Crippen LogP contribution >= 0.6 is 0 Å². The third kappa shape index (κ3) is 3.39. The van der Waals surface area contributed by atoms with Gasteiger partial charge in [0.15, 0.2) is 0 Å². The molecule has 0 spiro atoms. The van der Waals surface area contributed by atoms with Gasteiger partial charge < -0.3 is 5.11 Å². The first-order valence-electron chi connectivity index (χ1n) is 7.43. The van der Waals surface area contributed by atoms with Crippen LogP contribution in [0.1, 0.15) is 29.2 Å². The Morgan fingerprint density at radius 2 is 1.83 bits per heavy atom. The molecule has 23 heavy (non-hydrogen) atoms. The lowest BCUT2D eigenvalue weighted by Crippen LogP contribution is -2.24. The molecule has 1 heterocycles. The molecular weight excluding hydrogens is 298 g/mol. The summed E-state index contributed by atoms with van der Waals surface area (Å²) >= 11 is 0. The number of halogens is 2. The number of benzene rings is 2. The average Bonchev–Trinajstić information content (AvgIpc) is 2.89. The molecule has 0 bridgehead atoms. The third-order valence-electron chi connectivity index (χ3n) is 4.20. The summed E-state index contributed by atoms with van der Waals surface area (Å²) in [6, 6.07) is 12.2. The Kier molecular flexibility index (Phi) is 4.37. The van der Waals surface area contributed by atoms with E-state index in [2.05, 4.69) is 6.07 Å². The minimum absolute atomic E-state index is 0.0830. The van der Waals surface area contributed by atoms with Crippen LogP contribution < -0.4 is 0 Å². The third-order valence-corrected chi connectivity index (χ3v) is 4.20. The zero-order valence-corrected chi connectivity index (χ0v) is 12.4. The van der Waals surface area contributed by atoms with Crippen LogP contribution in [0.5, 0.6) is 0 Å². The number of aliphatic hydroxyl groups excluding tert-OH is 1. The Morgan fingerprint density at radius 1 is 1.13 bits per heavy atom. The van der Waals surface area contributed by atoms with Gasteiger partial charge in [-0.05, 0) is 47.9 Å². The first kappa shape index (κ1) is 15.6. The van der Waals surface area contributed by atoms with Gasteiger partial charge in [-0.3, -0.25) is 4.90 Å². The highest BCUT2D eigenvalue weighted by Crippen LogP contribution is 2.34. The first-order valence-corrected chi connectivity index (χ1v) is 7.43. The van der Waals surface area contributed by atoms with E-state index in [4.69, 9.17) is 5.26 Å². The molecule has 0 radical (unpaired) electrons. The van der Waals surface area contributed by atoms with Crippen LogP contribution in [0.15, 0.2) is 42.5 Å². The summed E-state index contributed by atoms with van der Waals surface area (Å²) in [5.74, 6) is -0.701. The number of nitrogens with zero attached hydrogens (tertiary/aromatic N) is 2. The molecule has 2 atom stereocenters. The van der Waals surface area contributed by atoms with Crippen LogP contribution in [0.4, 0.5) is 8.78 Å². The fraction of sp³-hybridized carbons (Fsp3) is 0.278. The van der Waals surface area contributed by atoms with Crippen LogP contribution in [0, 0.1) is 23.0 Å². The molecule has 1 saturated heterocycles. The molecule has 2 aromatic carbocycles. The van der Waals surface area contributed by atoms with Gasteiger partial charge >= 0.3 is 0 Å². The monoisotopic (exact) mass is 314 g/mol. The summed E-state index contributed by atoms with van der Waals surface area (Å²) in [6.07, 6.45) is 0.0344. The van der Waals surface area contributed by atoms with Crippen LogP contribution in [-0.4, -0.2) is 22.7 Å². The average molecular weight is 314 g/mol. The van der Waals surface area contributed by atoms with E-state index in [0.717, 1.165) is 5.56 Å². The highest BCUT2D eigenvalue weighted by molar-refractivity contribution is 5.38. The van der Waals surface area contributed by atoms with E-state index >= 15 is 0 Å². The molecular formula is C18H16F2N2O. The van der Waals surface area contributed by atoms with Gasteiger partial charge in [-0.2, -0.15) is 5.26 Å². The zero-order valence-electron chi connectivity index (χ0n) is 12.4. The summed E-state index contributed by atoms with van der Waals surface area (Å²) in [5.41, 5.74) is 1.91. The molecule has 5 heteroatoms. The van der Waals surface area contributed by atoms with Gasteiger partial charge in [0.05, 0.1) is 17.7 Å². The van der Waals surface area contributed by atoms with Gasteiger partial charge in [-0.15, -0.1) is 0 Å². The first-order chi connectivity index (χ1) is 11.1. The molecule has 1 aliphatic rings. The molecule has 118 valence electrons. The van der Waals surface area contributed by atoms with Crippen molar-refractivity contribution in [1.29, 1.82) is 5.26 Å². The highest BCUT2D eigenvalue weighted by Gasteiger charge is 2.32. The van der Waals surface area contributed by atoms with Crippen LogP contribution in [0.25, 0.3) is 0 Å². The molecule has 0 amide bonds. The molecule has 0 aliphatic carbocycles. The molecule has 0 saturated carbocycles. The van der Waals surface area contributed by atoms with Gasteiger partial charge in [0, 0.05) is 19.1 Å². The Morgan fingerprint density at radius 3 is 2.52 bits per heavy atom. The summed E-state index contributed by atoms with van der Waals surface area (Å²) in [5, 5.41) is 19.2. The topological polar surface area (TPSA) is 47.3 Å². The lowest BCUT2D eigenvalue weighted by Gasteiger charge is -2.25. The number of aliphatic hydroxyl groups is 1. The van der Waals surface area contributed by atoms with E-state index in [0.29, 0.717) is 30.6 Å². The fourth-order valence-electron chi connectivity index (χ4n) is 3.11. The minimum Gasteiger partial charge on any atom is -0.392 e. The maximum absolute atomic E-state index is 13.5. The summed E-state index contributed by atoms with van der Waals surface area (Å²) in [6.45, 7) is 0.795. The van der Waals surface area contributed by atoms with Gasteiger partial charge in [-0.25, -0.2) is 8.78 Å². The van der Waals surface area contributed by atoms with Gasteiger partial charge in [0.25, 0.3) is 0 Å². The summed E-state index contributed by atoms with van der Waals surface area (Å²) in [7, 11) is 0. The minimum atomic E-state index is -0.496. The number of nitriles is 1. The Balaban J connectivity index is 1.87. The number of hydrogen-bond donors (Lipinski definition) is 1. The number of hydrogen-bond acceptors (Lipinski definition) is 3. The smallest absolute Gasteiger partial charge is 0.123 e. The van der Waals surface area contributed by atoms with Crippen molar-refractivity contribution in [3.63, 3.8) is 0 Å². The predicted molar refractivity (Wildman–Crippen MR) is 81.3 cm³/mol. The number of β-amino-alcohol motifs (C(OH)–C–C–N with tert-alkyl or cyclic N) is 1. The second kappa shape index (κ2) is 6.45. The fourth-order valence-corrected chi connectivity index (χ4v) is 3.11. The Labute approximate surface area is 133 Å². The number of rotatable bonds is 3. The van der Waals surface area contributed by atoms with E-state index in [9.17, 15) is 13.9 Å². The van der Waals surface area contributed by atoms with Crippen LogP contribution in [0.2, 0.25) is 0 Å². The SMILES string of the molecule is N#Cc1ccc(F)cc1CN1C[C@@H](O)C[C@@H]1c1ccc(F)cc1. The van der Waals surface area contributed by atoms with Crippen molar-refractivity contribution >= 4 is 0 Å². The van der Waals surface area contributed by atoms with Crippen molar-refractivity contribution in [1.82, 2.24) is 4.90 Å². The second-order valence-corrected chi connectivity index (χ2v) is 5.80. The van der Waals surface area contributed by atoms with Crippen LogP contribution in [-0.2, 0) is 6.54 Å². The van der Waals surface area contributed by atoms with Crippen molar-refractivity contribution in [3.8, 4) is 6.07 Å². The van der Waals surface area contributed by atoms with E-state index in [-0.39, 0.29) is 11.9 Å². The Bertz CT molecular complexity index is 740. The largest absolute Gasteiger partial charge is 0.392 e. The standard InChI is InChI=1S/C18H16F2N2O/c19-15-4-1-12(2-5-15)18-8-17(23)11-22(18)10-14-7-16(20)6-3-13(14)9-21/h1-7,17-18,23H,8,10-11H2/t17-,18+/m0/s1. The molecule has 0 unspecified atom stereocenters. The van der Waals surface area contributed by atoms with Crippen molar-refractivity contribution in [3.05, 3.63) is 70.8 Å². The molecule has 1 aliphatic heterocycles. The maximum Gasteiger partial charge on any atom is 0.123 e.